The molecule has 1 N–H and O–H groups in total. The molecule has 0 bridgehead atoms. The summed E-state index contributed by atoms with van der Waals surface area (Å²) in [5, 5.41) is 9.76. The van der Waals surface area contributed by atoms with Gasteiger partial charge < -0.3 is 10.0 Å². The zero-order valence-corrected chi connectivity index (χ0v) is 10.0. The summed E-state index contributed by atoms with van der Waals surface area (Å²) in [6.07, 6.45) is 4.27. The second-order valence-corrected chi connectivity index (χ2v) is 4.71. The van der Waals surface area contributed by atoms with E-state index in [2.05, 4.69) is 4.98 Å². The zero-order chi connectivity index (χ0) is 12.3. The lowest BCUT2D eigenvalue weighted by Gasteiger charge is -2.34. The summed E-state index contributed by atoms with van der Waals surface area (Å²) in [7, 11) is 0. The van der Waals surface area contributed by atoms with E-state index in [1.54, 1.807) is 17.3 Å². The summed E-state index contributed by atoms with van der Waals surface area (Å²) in [5.74, 6) is 0.377. The number of amides is 1. The molecule has 0 saturated carbocycles. The van der Waals surface area contributed by atoms with Crippen LogP contribution in [0.5, 0.6) is 0 Å². The van der Waals surface area contributed by atoms with Gasteiger partial charge in [-0.05, 0) is 30.0 Å². The van der Waals surface area contributed by atoms with Gasteiger partial charge >= 0.3 is 0 Å². The molecule has 0 radical (unpaired) electrons. The van der Waals surface area contributed by atoms with Gasteiger partial charge in [-0.1, -0.05) is 6.92 Å². The van der Waals surface area contributed by atoms with Crippen molar-refractivity contribution in [2.45, 2.75) is 25.9 Å². The molecule has 4 heteroatoms. The normalized spacial score (nSPS) is 24.7. The zero-order valence-electron chi connectivity index (χ0n) is 10.0. The number of hydrogen-bond acceptors (Lipinski definition) is 3. The summed E-state index contributed by atoms with van der Waals surface area (Å²) in [4.78, 5) is 17.7. The first kappa shape index (κ1) is 12.0. The molecule has 1 amide bonds. The number of nitrogens with zero attached hydrogens (tertiary/aromatic N) is 2. The highest BCUT2D eigenvalue weighted by Crippen LogP contribution is 2.17. The standard InChI is InChI=1S/C13H18N2O2/c1-10-4-7-15(9-12(10)16)13(17)8-11-2-5-14-6-3-11/h2-3,5-6,10,12,16H,4,7-9H2,1H3. The fourth-order valence-electron chi connectivity index (χ4n) is 2.06. The maximum atomic E-state index is 12.0. The minimum absolute atomic E-state index is 0.0853. The van der Waals surface area contributed by atoms with E-state index in [1.807, 2.05) is 19.1 Å². The van der Waals surface area contributed by atoms with Gasteiger partial charge in [-0.2, -0.15) is 0 Å². The second kappa shape index (κ2) is 5.27. The Bertz CT molecular complexity index is 380. The van der Waals surface area contributed by atoms with Crippen LogP contribution in [0.15, 0.2) is 24.5 Å². The average molecular weight is 234 g/mol. The van der Waals surface area contributed by atoms with Crippen molar-refractivity contribution in [2.24, 2.45) is 5.92 Å². The van der Waals surface area contributed by atoms with Gasteiger partial charge in [0.2, 0.25) is 5.91 Å². The second-order valence-electron chi connectivity index (χ2n) is 4.71. The monoisotopic (exact) mass is 234 g/mol. The molecule has 2 unspecified atom stereocenters. The lowest BCUT2D eigenvalue weighted by molar-refractivity contribution is -0.134. The summed E-state index contributed by atoms with van der Waals surface area (Å²) >= 11 is 0. The Hall–Kier alpha value is -1.42. The summed E-state index contributed by atoms with van der Waals surface area (Å²) < 4.78 is 0. The molecule has 4 nitrogen and oxygen atoms in total. The first-order chi connectivity index (χ1) is 8.16. The Morgan fingerprint density at radius 1 is 1.53 bits per heavy atom. The maximum absolute atomic E-state index is 12.0. The van der Waals surface area contributed by atoms with E-state index < -0.39 is 0 Å². The van der Waals surface area contributed by atoms with Crippen LogP contribution in [0.2, 0.25) is 0 Å². The molecule has 1 aliphatic rings. The van der Waals surface area contributed by atoms with Gasteiger partial charge in [0, 0.05) is 25.5 Å². The van der Waals surface area contributed by atoms with Crippen LogP contribution < -0.4 is 0 Å². The van der Waals surface area contributed by atoms with Gasteiger partial charge in [-0.15, -0.1) is 0 Å². The number of likely N-dealkylation sites (tertiary alicyclic amines) is 1. The molecule has 2 rings (SSSR count). The van der Waals surface area contributed by atoms with Gasteiger partial charge in [-0.3, -0.25) is 9.78 Å². The number of rotatable bonds is 2. The van der Waals surface area contributed by atoms with Crippen LogP contribution in [-0.2, 0) is 11.2 Å². The van der Waals surface area contributed by atoms with Gasteiger partial charge in [0.05, 0.1) is 12.5 Å². The van der Waals surface area contributed by atoms with E-state index in [0.29, 0.717) is 18.9 Å². The molecule has 1 aliphatic heterocycles. The highest BCUT2D eigenvalue weighted by Gasteiger charge is 2.26. The molecule has 92 valence electrons. The Labute approximate surface area is 101 Å². The van der Waals surface area contributed by atoms with E-state index in [1.165, 1.54) is 0 Å². The first-order valence-corrected chi connectivity index (χ1v) is 6.01. The molecule has 0 aliphatic carbocycles. The smallest absolute Gasteiger partial charge is 0.227 e. The number of hydrogen-bond donors (Lipinski definition) is 1. The molecule has 1 fully saturated rings. The van der Waals surface area contributed by atoms with Crippen molar-refractivity contribution in [2.75, 3.05) is 13.1 Å². The molecule has 1 aromatic rings. The largest absolute Gasteiger partial charge is 0.391 e. The third-order valence-corrected chi connectivity index (χ3v) is 3.38. The fourth-order valence-corrected chi connectivity index (χ4v) is 2.06. The number of carbonyl (C=O) groups excluding carboxylic acids is 1. The van der Waals surface area contributed by atoms with Gasteiger partial charge in [0.15, 0.2) is 0 Å². The highest BCUT2D eigenvalue weighted by molar-refractivity contribution is 5.78. The van der Waals surface area contributed by atoms with Gasteiger partial charge in [0.1, 0.15) is 0 Å². The minimum atomic E-state index is -0.384. The van der Waals surface area contributed by atoms with Crippen molar-refractivity contribution < 1.29 is 9.90 Å². The van der Waals surface area contributed by atoms with Crippen LogP contribution >= 0.6 is 0 Å². The SMILES string of the molecule is CC1CCN(C(=O)Cc2ccncc2)CC1O. The molecule has 0 aromatic carbocycles. The van der Waals surface area contributed by atoms with Crippen LogP contribution in [0.3, 0.4) is 0 Å². The van der Waals surface area contributed by atoms with E-state index in [0.717, 1.165) is 18.5 Å². The number of aromatic nitrogens is 1. The topological polar surface area (TPSA) is 53.4 Å². The predicted octanol–water partition coefficient (Wildman–Crippen LogP) is 0.853. The van der Waals surface area contributed by atoms with E-state index in [4.69, 9.17) is 0 Å². The first-order valence-electron chi connectivity index (χ1n) is 6.01. The third kappa shape index (κ3) is 3.03. The molecular weight excluding hydrogens is 216 g/mol. The van der Waals surface area contributed by atoms with Crippen LogP contribution in [-0.4, -0.2) is 40.1 Å². The number of aliphatic hydroxyl groups excluding tert-OH is 1. The molecule has 17 heavy (non-hydrogen) atoms. The summed E-state index contributed by atoms with van der Waals surface area (Å²) in [5.41, 5.74) is 0.970. The number of carbonyl (C=O) groups is 1. The van der Waals surface area contributed by atoms with Crippen molar-refractivity contribution in [3.63, 3.8) is 0 Å². The highest BCUT2D eigenvalue weighted by atomic mass is 16.3. The number of pyridine rings is 1. The Morgan fingerprint density at radius 2 is 2.24 bits per heavy atom. The Kier molecular flexibility index (Phi) is 3.74. The minimum Gasteiger partial charge on any atom is -0.391 e. The molecular formula is C13H18N2O2. The average Bonchev–Trinajstić information content (AvgIpc) is 2.34. The molecule has 2 atom stereocenters. The predicted molar refractivity (Wildman–Crippen MR) is 64.3 cm³/mol. The molecule has 1 saturated heterocycles. The van der Waals surface area contributed by atoms with Crippen molar-refractivity contribution in [3.05, 3.63) is 30.1 Å². The summed E-state index contributed by atoms with van der Waals surface area (Å²) in [6, 6.07) is 3.70. The summed E-state index contributed by atoms with van der Waals surface area (Å²) in [6.45, 7) is 3.24. The van der Waals surface area contributed by atoms with E-state index in [9.17, 15) is 9.90 Å². The quantitative estimate of drug-likeness (QED) is 0.825. The van der Waals surface area contributed by atoms with E-state index in [-0.39, 0.29) is 12.0 Å². The Balaban J connectivity index is 1.93. The van der Waals surface area contributed by atoms with Crippen LogP contribution in [0, 0.1) is 5.92 Å². The Morgan fingerprint density at radius 3 is 2.88 bits per heavy atom. The van der Waals surface area contributed by atoms with Crippen LogP contribution in [0.1, 0.15) is 18.9 Å². The molecule has 0 spiro atoms. The molecule has 2 heterocycles. The third-order valence-electron chi connectivity index (χ3n) is 3.38. The fraction of sp³-hybridized carbons (Fsp3) is 0.538. The van der Waals surface area contributed by atoms with Crippen molar-refractivity contribution in [1.29, 1.82) is 0 Å². The van der Waals surface area contributed by atoms with Crippen LogP contribution in [0.25, 0.3) is 0 Å². The van der Waals surface area contributed by atoms with Gasteiger partial charge in [0.25, 0.3) is 0 Å². The number of aliphatic hydroxyl groups is 1. The lowest BCUT2D eigenvalue weighted by Crippen LogP contribution is -2.46. The van der Waals surface area contributed by atoms with Gasteiger partial charge in [-0.25, -0.2) is 0 Å². The van der Waals surface area contributed by atoms with E-state index >= 15 is 0 Å². The van der Waals surface area contributed by atoms with Crippen molar-refractivity contribution >= 4 is 5.91 Å². The van der Waals surface area contributed by atoms with Crippen LogP contribution in [0.4, 0.5) is 0 Å². The molecule has 1 aromatic heterocycles. The number of β-amino-alcohol motifs (C(OH)–C–C–N with tert-alkyl or cyclic N) is 1. The van der Waals surface area contributed by atoms with Crippen molar-refractivity contribution in [1.82, 2.24) is 9.88 Å². The lowest BCUT2D eigenvalue weighted by atomic mass is 9.95. The number of piperidine rings is 1. The maximum Gasteiger partial charge on any atom is 0.227 e. The van der Waals surface area contributed by atoms with Crippen molar-refractivity contribution in [3.8, 4) is 0 Å².